The Labute approximate surface area is 156 Å². The molecule has 0 aliphatic rings. The van der Waals surface area contributed by atoms with E-state index in [2.05, 4.69) is 20.9 Å². The number of ether oxygens (including phenoxy) is 2. The third-order valence-electron chi connectivity index (χ3n) is 3.38. The zero-order chi connectivity index (χ0) is 17.8. The molecular weight excluding hydrogens is 408 g/mol. The number of hydrogen-bond donors (Lipinski definition) is 0. The van der Waals surface area contributed by atoms with Crippen LogP contribution in [-0.2, 0) is 6.61 Å². The van der Waals surface area contributed by atoms with Gasteiger partial charge in [-0.3, -0.25) is 10.1 Å². The van der Waals surface area contributed by atoms with E-state index in [4.69, 9.17) is 9.47 Å². The van der Waals surface area contributed by atoms with Gasteiger partial charge in [0, 0.05) is 22.0 Å². The zero-order valence-electron chi connectivity index (χ0n) is 13.1. The van der Waals surface area contributed by atoms with Crippen molar-refractivity contribution in [1.82, 2.24) is 4.98 Å². The van der Waals surface area contributed by atoms with Gasteiger partial charge < -0.3 is 9.47 Å². The molecule has 0 amide bonds. The molecule has 6 nitrogen and oxygen atoms in total. The number of methoxy groups -OCH3 is 1. The van der Waals surface area contributed by atoms with E-state index in [1.54, 1.807) is 19.2 Å². The molecule has 0 saturated carbocycles. The topological polar surface area (TPSA) is 74.5 Å². The monoisotopic (exact) mass is 420 g/mol. The molecule has 0 spiro atoms. The van der Waals surface area contributed by atoms with E-state index in [1.807, 2.05) is 23.6 Å². The number of rotatable bonds is 6. The summed E-state index contributed by atoms with van der Waals surface area (Å²) in [6.45, 7) is 0.282. The normalized spacial score (nSPS) is 10.5. The fourth-order valence-corrected chi connectivity index (χ4v) is 3.35. The summed E-state index contributed by atoms with van der Waals surface area (Å²) in [7, 11) is 1.62. The predicted octanol–water partition coefficient (Wildman–Crippen LogP) is 5.07. The second-order valence-corrected chi connectivity index (χ2v) is 6.80. The summed E-state index contributed by atoms with van der Waals surface area (Å²) < 4.78 is 12.0. The van der Waals surface area contributed by atoms with Gasteiger partial charge in [0.05, 0.1) is 23.3 Å². The van der Waals surface area contributed by atoms with Crippen molar-refractivity contribution in [3.63, 3.8) is 0 Å². The van der Waals surface area contributed by atoms with E-state index in [0.717, 1.165) is 26.5 Å². The first-order chi connectivity index (χ1) is 12.1. The lowest BCUT2D eigenvalue weighted by molar-refractivity contribution is -0.384. The Morgan fingerprint density at radius 3 is 2.68 bits per heavy atom. The van der Waals surface area contributed by atoms with Crippen LogP contribution >= 0.6 is 27.3 Å². The molecule has 1 aromatic heterocycles. The van der Waals surface area contributed by atoms with Crippen molar-refractivity contribution in [3.05, 3.63) is 68.1 Å². The maximum atomic E-state index is 10.6. The summed E-state index contributed by atoms with van der Waals surface area (Å²) in [5.41, 5.74) is 1.72. The van der Waals surface area contributed by atoms with Gasteiger partial charge in [-0.05, 0) is 30.3 Å². The smallest absolute Gasteiger partial charge is 0.269 e. The molecular formula is C17H13BrN2O4S. The number of thiazole rings is 1. The molecule has 0 fully saturated rings. The molecule has 3 rings (SSSR count). The zero-order valence-corrected chi connectivity index (χ0v) is 15.5. The fourth-order valence-electron chi connectivity index (χ4n) is 2.17. The van der Waals surface area contributed by atoms with Crippen LogP contribution in [0.25, 0.3) is 10.6 Å². The van der Waals surface area contributed by atoms with Crippen LogP contribution in [0.15, 0.2) is 52.3 Å². The van der Waals surface area contributed by atoms with E-state index in [9.17, 15) is 10.1 Å². The van der Waals surface area contributed by atoms with Crippen molar-refractivity contribution < 1.29 is 14.4 Å². The highest BCUT2D eigenvalue weighted by Crippen LogP contribution is 2.34. The van der Waals surface area contributed by atoms with Crippen LogP contribution < -0.4 is 9.47 Å². The molecule has 0 aliphatic heterocycles. The molecule has 0 unspecified atom stereocenters. The molecule has 0 radical (unpaired) electrons. The van der Waals surface area contributed by atoms with Crippen molar-refractivity contribution in [1.29, 1.82) is 0 Å². The summed E-state index contributed by atoms with van der Waals surface area (Å²) in [6.07, 6.45) is 0. The van der Waals surface area contributed by atoms with Crippen molar-refractivity contribution in [2.75, 3.05) is 7.11 Å². The number of benzene rings is 2. The molecule has 2 aromatic carbocycles. The Kier molecular flexibility index (Phi) is 5.30. The van der Waals surface area contributed by atoms with Crippen LogP contribution in [0.3, 0.4) is 0 Å². The summed E-state index contributed by atoms with van der Waals surface area (Å²) in [5.74, 6) is 1.31. The fraction of sp³-hybridized carbons (Fsp3) is 0.118. The van der Waals surface area contributed by atoms with Crippen LogP contribution in [-0.4, -0.2) is 17.0 Å². The van der Waals surface area contributed by atoms with E-state index in [0.29, 0.717) is 5.75 Å². The maximum Gasteiger partial charge on any atom is 0.269 e. The highest BCUT2D eigenvalue weighted by Gasteiger charge is 2.12. The Balaban J connectivity index is 1.72. The molecule has 25 heavy (non-hydrogen) atoms. The van der Waals surface area contributed by atoms with Crippen molar-refractivity contribution in [2.45, 2.75) is 6.61 Å². The van der Waals surface area contributed by atoms with Gasteiger partial charge in [-0.1, -0.05) is 15.9 Å². The molecule has 1 heterocycles. The van der Waals surface area contributed by atoms with Crippen LogP contribution in [0.4, 0.5) is 5.69 Å². The molecule has 0 saturated heterocycles. The van der Waals surface area contributed by atoms with E-state index in [1.165, 1.54) is 23.5 Å². The Hall–Kier alpha value is -2.45. The maximum absolute atomic E-state index is 10.6. The average Bonchev–Trinajstić information content (AvgIpc) is 3.09. The summed E-state index contributed by atoms with van der Waals surface area (Å²) in [5, 5.41) is 13.4. The van der Waals surface area contributed by atoms with Gasteiger partial charge in [0.1, 0.15) is 23.1 Å². The van der Waals surface area contributed by atoms with Crippen LogP contribution in [0.1, 0.15) is 5.69 Å². The minimum Gasteiger partial charge on any atom is -0.496 e. The molecule has 0 N–H and O–H groups in total. The molecule has 8 heteroatoms. The van der Waals surface area contributed by atoms with Gasteiger partial charge >= 0.3 is 0 Å². The van der Waals surface area contributed by atoms with Gasteiger partial charge in [-0.2, -0.15) is 0 Å². The SMILES string of the molecule is COc1ccc(Br)cc1-c1nc(COc2ccc([N+](=O)[O-])cc2)cs1. The third-order valence-corrected chi connectivity index (χ3v) is 4.80. The molecule has 128 valence electrons. The van der Waals surface area contributed by atoms with Gasteiger partial charge in [-0.15, -0.1) is 11.3 Å². The molecule has 0 aliphatic carbocycles. The Bertz CT molecular complexity index is 896. The number of hydrogen-bond acceptors (Lipinski definition) is 6. The van der Waals surface area contributed by atoms with Gasteiger partial charge in [0.25, 0.3) is 5.69 Å². The lowest BCUT2D eigenvalue weighted by Crippen LogP contribution is -1.96. The Morgan fingerprint density at radius 1 is 1.24 bits per heavy atom. The van der Waals surface area contributed by atoms with E-state index < -0.39 is 4.92 Å². The molecule has 0 atom stereocenters. The summed E-state index contributed by atoms with van der Waals surface area (Å²) in [6, 6.07) is 11.7. The second kappa shape index (κ2) is 7.62. The van der Waals surface area contributed by atoms with Crippen molar-refractivity contribution in [3.8, 4) is 22.1 Å². The molecule has 0 bridgehead atoms. The van der Waals surface area contributed by atoms with E-state index >= 15 is 0 Å². The minimum absolute atomic E-state index is 0.0324. The number of nitro groups is 1. The number of aromatic nitrogens is 1. The standard InChI is InChI=1S/C17H13BrN2O4S/c1-23-16-7-2-11(18)8-15(16)17-19-12(10-25-17)9-24-14-5-3-13(4-6-14)20(21)22/h2-8,10H,9H2,1H3. The number of nitro benzene ring substituents is 1. The number of non-ortho nitro benzene ring substituents is 1. The van der Waals surface area contributed by atoms with Gasteiger partial charge in [-0.25, -0.2) is 4.98 Å². The van der Waals surface area contributed by atoms with E-state index in [-0.39, 0.29) is 12.3 Å². The van der Waals surface area contributed by atoms with Crippen LogP contribution in [0, 0.1) is 10.1 Å². The lowest BCUT2D eigenvalue weighted by atomic mass is 10.2. The van der Waals surface area contributed by atoms with Gasteiger partial charge in [0.15, 0.2) is 0 Å². The van der Waals surface area contributed by atoms with Crippen molar-refractivity contribution >= 4 is 33.0 Å². The first kappa shape index (κ1) is 17.4. The average molecular weight is 421 g/mol. The Morgan fingerprint density at radius 2 is 2.00 bits per heavy atom. The highest BCUT2D eigenvalue weighted by atomic mass is 79.9. The second-order valence-electron chi connectivity index (χ2n) is 5.03. The number of nitrogens with zero attached hydrogens (tertiary/aromatic N) is 2. The van der Waals surface area contributed by atoms with Gasteiger partial charge in [0.2, 0.25) is 0 Å². The quantitative estimate of drug-likeness (QED) is 0.411. The van der Waals surface area contributed by atoms with Crippen LogP contribution in [0.5, 0.6) is 11.5 Å². The largest absolute Gasteiger partial charge is 0.496 e. The predicted molar refractivity (Wildman–Crippen MR) is 99.2 cm³/mol. The summed E-state index contributed by atoms with van der Waals surface area (Å²) in [4.78, 5) is 14.8. The first-order valence-electron chi connectivity index (χ1n) is 7.22. The summed E-state index contributed by atoms with van der Waals surface area (Å²) >= 11 is 4.96. The van der Waals surface area contributed by atoms with Crippen LogP contribution in [0.2, 0.25) is 0 Å². The highest BCUT2D eigenvalue weighted by molar-refractivity contribution is 9.10. The minimum atomic E-state index is -0.443. The third kappa shape index (κ3) is 4.15. The lowest BCUT2D eigenvalue weighted by Gasteiger charge is -2.06. The first-order valence-corrected chi connectivity index (χ1v) is 8.89. The number of halogens is 1. The molecule has 3 aromatic rings. The van der Waals surface area contributed by atoms with Crippen molar-refractivity contribution in [2.24, 2.45) is 0 Å².